The molecule has 14 heavy (non-hydrogen) atoms. The summed E-state index contributed by atoms with van der Waals surface area (Å²) in [5.74, 6) is 0. The molecule has 1 atom stereocenters. The summed E-state index contributed by atoms with van der Waals surface area (Å²) in [5.41, 5.74) is 6.89. The van der Waals surface area contributed by atoms with Crippen molar-refractivity contribution in [1.82, 2.24) is 0 Å². The fourth-order valence-electron chi connectivity index (χ4n) is 1.53. The molecule has 3 heteroatoms. The molecule has 1 rings (SSSR count). The maximum absolute atomic E-state index is 5.68. The van der Waals surface area contributed by atoms with Crippen molar-refractivity contribution in [2.24, 2.45) is 5.73 Å². The molecule has 0 heterocycles. The first-order valence-corrected chi connectivity index (χ1v) is 5.71. The van der Waals surface area contributed by atoms with Gasteiger partial charge in [0.15, 0.2) is 0 Å². The molecule has 2 nitrogen and oxygen atoms in total. The first-order chi connectivity index (χ1) is 6.70. The molecule has 0 bridgehead atoms. The predicted octanol–water partition coefficient (Wildman–Crippen LogP) is 2.62. The Morgan fingerprint density at radius 3 is 2.57 bits per heavy atom. The Morgan fingerprint density at radius 1 is 1.43 bits per heavy atom. The normalized spacial score (nSPS) is 12.6. The highest BCUT2D eigenvalue weighted by Crippen LogP contribution is 2.26. The Morgan fingerprint density at radius 2 is 2.07 bits per heavy atom. The highest BCUT2D eigenvalue weighted by molar-refractivity contribution is 9.10. The second-order valence-electron chi connectivity index (χ2n) is 3.32. The summed E-state index contributed by atoms with van der Waals surface area (Å²) in [4.78, 5) is 2.30. The van der Waals surface area contributed by atoms with E-state index in [0.29, 0.717) is 12.6 Å². The summed E-state index contributed by atoms with van der Waals surface area (Å²) < 4.78 is 1.13. The molecule has 0 spiro atoms. The molecule has 2 N–H and O–H groups in total. The fourth-order valence-corrected chi connectivity index (χ4v) is 2.04. The smallest absolute Gasteiger partial charge is 0.0513 e. The lowest BCUT2D eigenvalue weighted by molar-refractivity contribution is 0.656. The van der Waals surface area contributed by atoms with E-state index in [1.165, 1.54) is 5.69 Å². The highest BCUT2D eigenvalue weighted by atomic mass is 79.9. The molecule has 0 fully saturated rings. The van der Waals surface area contributed by atoms with Crippen LogP contribution < -0.4 is 10.6 Å². The number of hydrogen-bond acceptors (Lipinski definition) is 2. The van der Waals surface area contributed by atoms with Crippen LogP contribution in [0, 0.1) is 0 Å². The molecule has 78 valence electrons. The number of halogens is 1. The van der Waals surface area contributed by atoms with Crippen molar-refractivity contribution in [3.05, 3.63) is 28.7 Å². The number of para-hydroxylation sites is 1. The van der Waals surface area contributed by atoms with Crippen LogP contribution in [0.15, 0.2) is 28.7 Å². The fraction of sp³-hybridized carbons (Fsp3) is 0.455. The van der Waals surface area contributed by atoms with Gasteiger partial charge in [0.05, 0.1) is 5.69 Å². The van der Waals surface area contributed by atoms with Gasteiger partial charge in [-0.15, -0.1) is 0 Å². The van der Waals surface area contributed by atoms with Gasteiger partial charge in [-0.3, -0.25) is 0 Å². The zero-order valence-corrected chi connectivity index (χ0v) is 10.3. The average molecular weight is 257 g/mol. The van der Waals surface area contributed by atoms with Gasteiger partial charge in [-0.1, -0.05) is 12.1 Å². The van der Waals surface area contributed by atoms with Gasteiger partial charge in [0.2, 0.25) is 0 Å². The van der Waals surface area contributed by atoms with E-state index >= 15 is 0 Å². The molecule has 0 aliphatic carbocycles. The number of hydrogen-bond donors (Lipinski definition) is 1. The maximum Gasteiger partial charge on any atom is 0.0513 e. The molecule has 0 radical (unpaired) electrons. The van der Waals surface area contributed by atoms with Crippen LogP contribution in [0.3, 0.4) is 0 Å². The molecule has 0 aliphatic rings. The van der Waals surface area contributed by atoms with Gasteiger partial charge in [-0.05, 0) is 41.9 Å². The summed E-state index contributed by atoms with van der Waals surface area (Å²) in [5, 5.41) is 0. The SMILES string of the molecule is CCN(c1ccccc1Br)C(C)CN. The van der Waals surface area contributed by atoms with E-state index in [4.69, 9.17) is 5.73 Å². The van der Waals surface area contributed by atoms with Crippen molar-refractivity contribution in [1.29, 1.82) is 0 Å². The largest absolute Gasteiger partial charge is 0.367 e. The van der Waals surface area contributed by atoms with Crippen LogP contribution in [0.5, 0.6) is 0 Å². The number of nitrogens with two attached hydrogens (primary N) is 1. The van der Waals surface area contributed by atoms with Crippen molar-refractivity contribution >= 4 is 21.6 Å². The van der Waals surface area contributed by atoms with E-state index in [2.05, 4.69) is 46.8 Å². The minimum absolute atomic E-state index is 0.374. The van der Waals surface area contributed by atoms with Crippen molar-refractivity contribution in [3.8, 4) is 0 Å². The Kier molecular flexibility index (Phi) is 4.42. The van der Waals surface area contributed by atoms with Gasteiger partial charge in [0.1, 0.15) is 0 Å². The third kappa shape index (κ3) is 2.49. The second-order valence-corrected chi connectivity index (χ2v) is 4.18. The summed E-state index contributed by atoms with van der Waals surface area (Å²) in [7, 11) is 0. The number of nitrogens with zero attached hydrogens (tertiary/aromatic N) is 1. The standard InChI is InChI=1S/C11H17BrN2/c1-3-14(9(2)8-13)11-7-5-4-6-10(11)12/h4-7,9H,3,8,13H2,1-2H3. The van der Waals surface area contributed by atoms with E-state index in [1.807, 2.05) is 12.1 Å². The van der Waals surface area contributed by atoms with E-state index in [9.17, 15) is 0 Å². The zero-order valence-electron chi connectivity index (χ0n) is 8.70. The summed E-state index contributed by atoms with van der Waals surface area (Å²) in [6, 6.07) is 8.61. The lowest BCUT2D eigenvalue weighted by Crippen LogP contribution is -2.38. The number of rotatable bonds is 4. The van der Waals surface area contributed by atoms with E-state index in [1.54, 1.807) is 0 Å². The number of likely N-dealkylation sites (N-methyl/N-ethyl adjacent to an activating group) is 1. The molecule has 0 saturated carbocycles. The van der Waals surface area contributed by atoms with E-state index in [-0.39, 0.29) is 0 Å². The molecule has 0 aromatic heterocycles. The summed E-state index contributed by atoms with van der Waals surface area (Å²) >= 11 is 3.55. The number of anilines is 1. The molecular weight excluding hydrogens is 240 g/mol. The van der Waals surface area contributed by atoms with Crippen LogP contribution in [0.4, 0.5) is 5.69 Å². The third-order valence-electron chi connectivity index (χ3n) is 2.38. The van der Waals surface area contributed by atoms with E-state index in [0.717, 1.165) is 11.0 Å². The van der Waals surface area contributed by atoms with Crippen LogP contribution in [-0.2, 0) is 0 Å². The van der Waals surface area contributed by atoms with Gasteiger partial charge in [-0.25, -0.2) is 0 Å². The van der Waals surface area contributed by atoms with Crippen LogP contribution in [0.2, 0.25) is 0 Å². The lowest BCUT2D eigenvalue weighted by atomic mass is 10.2. The van der Waals surface area contributed by atoms with Crippen molar-refractivity contribution < 1.29 is 0 Å². The summed E-state index contributed by atoms with van der Waals surface area (Å²) in [6.07, 6.45) is 0. The Labute approximate surface area is 94.2 Å². The molecular formula is C11H17BrN2. The minimum Gasteiger partial charge on any atom is -0.367 e. The van der Waals surface area contributed by atoms with Gasteiger partial charge in [-0.2, -0.15) is 0 Å². The third-order valence-corrected chi connectivity index (χ3v) is 3.05. The lowest BCUT2D eigenvalue weighted by Gasteiger charge is -2.30. The first kappa shape index (κ1) is 11.5. The van der Waals surface area contributed by atoms with E-state index < -0.39 is 0 Å². The van der Waals surface area contributed by atoms with Crippen molar-refractivity contribution in [2.75, 3.05) is 18.0 Å². The minimum atomic E-state index is 0.374. The Balaban J connectivity index is 2.94. The van der Waals surface area contributed by atoms with Crippen molar-refractivity contribution in [3.63, 3.8) is 0 Å². The average Bonchev–Trinajstić information content (AvgIpc) is 2.21. The molecule has 1 aromatic rings. The molecule has 1 unspecified atom stereocenters. The number of benzene rings is 1. The van der Waals surface area contributed by atoms with Gasteiger partial charge >= 0.3 is 0 Å². The quantitative estimate of drug-likeness (QED) is 0.898. The monoisotopic (exact) mass is 256 g/mol. The molecule has 1 aromatic carbocycles. The Bertz CT molecular complexity index is 288. The summed E-state index contributed by atoms with van der Waals surface area (Å²) in [6.45, 7) is 5.94. The van der Waals surface area contributed by atoms with Gasteiger partial charge < -0.3 is 10.6 Å². The molecule has 0 saturated heterocycles. The Hall–Kier alpha value is -0.540. The highest BCUT2D eigenvalue weighted by Gasteiger charge is 2.12. The van der Waals surface area contributed by atoms with Crippen molar-refractivity contribution in [2.45, 2.75) is 19.9 Å². The second kappa shape index (κ2) is 5.37. The topological polar surface area (TPSA) is 29.3 Å². The van der Waals surface area contributed by atoms with Gasteiger partial charge in [0, 0.05) is 23.6 Å². The predicted molar refractivity (Wildman–Crippen MR) is 65.7 cm³/mol. The first-order valence-electron chi connectivity index (χ1n) is 4.92. The van der Waals surface area contributed by atoms with Crippen LogP contribution in [0.1, 0.15) is 13.8 Å². The van der Waals surface area contributed by atoms with Gasteiger partial charge in [0.25, 0.3) is 0 Å². The molecule has 0 amide bonds. The van der Waals surface area contributed by atoms with Crippen LogP contribution in [0.25, 0.3) is 0 Å². The van der Waals surface area contributed by atoms with Crippen LogP contribution >= 0.6 is 15.9 Å². The zero-order chi connectivity index (χ0) is 10.6. The van der Waals surface area contributed by atoms with Crippen LogP contribution in [-0.4, -0.2) is 19.1 Å². The molecule has 0 aliphatic heterocycles. The maximum atomic E-state index is 5.68.